The van der Waals surface area contributed by atoms with Crippen LogP contribution in [-0.2, 0) is 0 Å². The molecular formula is C13H17N3OS. The lowest BCUT2D eigenvalue weighted by Gasteiger charge is -2.30. The maximum Gasteiger partial charge on any atom is 0.274 e. The van der Waals surface area contributed by atoms with Crippen LogP contribution in [-0.4, -0.2) is 33.3 Å². The molecule has 4 nitrogen and oxygen atoms in total. The molecular weight excluding hydrogens is 246 g/mol. The number of rotatable bonds is 1. The van der Waals surface area contributed by atoms with Crippen LogP contribution in [0.2, 0.25) is 0 Å². The van der Waals surface area contributed by atoms with Gasteiger partial charge in [0.15, 0.2) is 4.96 Å². The second-order valence-corrected chi connectivity index (χ2v) is 5.99. The van der Waals surface area contributed by atoms with Gasteiger partial charge in [0.05, 0.1) is 0 Å². The quantitative estimate of drug-likeness (QED) is 0.793. The first-order valence-corrected chi connectivity index (χ1v) is 7.25. The van der Waals surface area contributed by atoms with E-state index in [4.69, 9.17) is 0 Å². The number of carbonyl (C=O) groups excluding carboxylic acids is 1. The fourth-order valence-corrected chi connectivity index (χ4v) is 3.38. The highest BCUT2D eigenvalue weighted by Gasteiger charge is 2.24. The minimum absolute atomic E-state index is 0.0804. The van der Waals surface area contributed by atoms with Crippen molar-refractivity contribution in [3.63, 3.8) is 0 Å². The number of amides is 1. The van der Waals surface area contributed by atoms with Crippen LogP contribution >= 0.6 is 11.3 Å². The van der Waals surface area contributed by atoms with Gasteiger partial charge in [-0.2, -0.15) is 0 Å². The Balaban J connectivity index is 1.86. The first-order valence-electron chi connectivity index (χ1n) is 6.37. The number of carbonyl (C=O) groups is 1. The molecule has 96 valence electrons. The summed E-state index contributed by atoms with van der Waals surface area (Å²) in [5.74, 6) is 0.685. The molecule has 2 aromatic rings. The van der Waals surface area contributed by atoms with Crippen molar-refractivity contribution in [1.29, 1.82) is 0 Å². The Labute approximate surface area is 110 Å². The fourth-order valence-electron chi connectivity index (χ4n) is 2.53. The molecule has 2 aromatic heterocycles. The summed E-state index contributed by atoms with van der Waals surface area (Å²) in [6.07, 6.45) is 4.19. The molecule has 1 aliphatic heterocycles. The largest absolute Gasteiger partial charge is 0.337 e. The SMILES string of the molecule is Cc1csc2nc(C(=O)N3CCCC(C)C3)cn12. The second-order valence-electron chi connectivity index (χ2n) is 5.15. The van der Waals surface area contributed by atoms with E-state index < -0.39 is 0 Å². The van der Waals surface area contributed by atoms with Gasteiger partial charge in [-0.3, -0.25) is 9.20 Å². The molecule has 18 heavy (non-hydrogen) atoms. The molecule has 1 atom stereocenters. The molecule has 1 amide bonds. The zero-order valence-electron chi connectivity index (χ0n) is 10.7. The molecule has 0 aromatic carbocycles. The van der Waals surface area contributed by atoms with Gasteiger partial charge in [-0.25, -0.2) is 4.98 Å². The molecule has 0 spiro atoms. The lowest BCUT2D eigenvalue weighted by Crippen LogP contribution is -2.39. The average molecular weight is 263 g/mol. The summed E-state index contributed by atoms with van der Waals surface area (Å²) in [7, 11) is 0. The number of piperidine rings is 1. The zero-order chi connectivity index (χ0) is 12.7. The van der Waals surface area contributed by atoms with E-state index in [0.717, 1.165) is 30.2 Å². The number of imidazole rings is 1. The van der Waals surface area contributed by atoms with E-state index in [9.17, 15) is 4.79 Å². The van der Waals surface area contributed by atoms with Gasteiger partial charge < -0.3 is 4.90 Å². The van der Waals surface area contributed by atoms with Gasteiger partial charge in [-0.05, 0) is 25.7 Å². The number of thiazole rings is 1. The molecule has 1 saturated heterocycles. The highest BCUT2D eigenvalue weighted by molar-refractivity contribution is 7.15. The first kappa shape index (κ1) is 11.7. The summed E-state index contributed by atoms with van der Waals surface area (Å²) in [5.41, 5.74) is 1.72. The third-order valence-electron chi connectivity index (χ3n) is 3.55. The minimum Gasteiger partial charge on any atom is -0.337 e. The van der Waals surface area contributed by atoms with Crippen molar-refractivity contribution in [2.45, 2.75) is 26.7 Å². The normalized spacial score (nSPS) is 20.6. The predicted octanol–water partition coefficient (Wildman–Crippen LogP) is 2.58. The van der Waals surface area contributed by atoms with Gasteiger partial charge in [0, 0.05) is 30.4 Å². The number of aromatic nitrogens is 2. The molecule has 1 unspecified atom stereocenters. The summed E-state index contributed by atoms with van der Waals surface area (Å²) >= 11 is 1.58. The second kappa shape index (κ2) is 4.39. The van der Waals surface area contributed by atoms with Crippen LogP contribution < -0.4 is 0 Å². The molecule has 0 aliphatic carbocycles. The van der Waals surface area contributed by atoms with Gasteiger partial charge in [-0.15, -0.1) is 11.3 Å². The van der Waals surface area contributed by atoms with Crippen molar-refractivity contribution in [2.24, 2.45) is 5.92 Å². The Hall–Kier alpha value is -1.36. The van der Waals surface area contributed by atoms with Crippen LogP contribution in [0.3, 0.4) is 0 Å². The summed E-state index contributed by atoms with van der Waals surface area (Å²) in [5, 5.41) is 2.06. The fraction of sp³-hybridized carbons (Fsp3) is 0.538. The van der Waals surface area contributed by atoms with Crippen LogP contribution in [0.5, 0.6) is 0 Å². The van der Waals surface area contributed by atoms with Gasteiger partial charge >= 0.3 is 0 Å². The number of nitrogens with zero attached hydrogens (tertiary/aromatic N) is 3. The Morgan fingerprint density at radius 2 is 2.39 bits per heavy atom. The van der Waals surface area contributed by atoms with Crippen molar-refractivity contribution >= 4 is 22.2 Å². The number of aryl methyl sites for hydroxylation is 1. The van der Waals surface area contributed by atoms with Crippen LogP contribution in [0.4, 0.5) is 0 Å². The monoisotopic (exact) mass is 263 g/mol. The lowest BCUT2D eigenvalue weighted by atomic mass is 10.0. The smallest absolute Gasteiger partial charge is 0.274 e. The van der Waals surface area contributed by atoms with Gasteiger partial charge in [-0.1, -0.05) is 6.92 Å². The first-order chi connectivity index (χ1) is 8.65. The molecule has 0 N–H and O–H groups in total. The summed E-state index contributed by atoms with van der Waals surface area (Å²) in [6.45, 7) is 5.97. The van der Waals surface area contributed by atoms with Crippen molar-refractivity contribution in [3.8, 4) is 0 Å². The molecule has 0 radical (unpaired) electrons. The third kappa shape index (κ3) is 1.92. The Kier molecular flexibility index (Phi) is 2.86. The molecule has 5 heteroatoms. The molecule has 3 heterocycles. The van der Waals surface area contributed by atoms with Gasteiger partial charge in [0.25, 0.3) is 5.91 Å². The van der Waals surface area contributed by atoms with E-state index in [1.165, 1.54) is 6.42 Å². The lowest BCUT2D eigenvalue weighted by molar-refractivity contribution is 0.0678. The highest BCUT2D eigenvalue weighted by atomic mass is 32.1. The third-order valence-corrected chi connectivity index (χ3v) is 4.51. The van der Waals surface area contributed by atoms with Gasteiger partial charge in [0.2, 0.25) is 0 Å². The van der Waals surface area contributed by atoms with Crippen LogP contribution in [0.25, 0.3) is 4.96 Å². The molecule has 1 aliphatic rings. The molecule has 1 fully saturated rings. The summed E-state index contributed by atoms with van der Waals surface area (Å²) in [4.78, 5) is 19.6. The Bertz CT molecular complexity index is 586. The van der Waals surface area contributed by atoms with Gasteiger partial charge in [0.1, 0.15) is 5.69 Å². The van der Waals surface area contributed by atoms with Crippen molar-refractivity contribution in [3.05, 3.63) is 23.0 Å². The number of likely N-dealkylation sites (tertiary alicyclic amines) is 1. The maximum absolute atomic E-state index is 12.4. The average Bonchev–Trinajstić information content (AvgIpc) is 2.91. The maximum atomic E-state index is 12.4. The van der Waals surface area contributed by atoms with Crippen molar-refractivity contribution < 1.29 is 4.79 Å². The topological polar surface area (TPSA) is 37.6 Å². The van der Waals surface area contributed by atoms with Crippen molar-refractivity contribution in [1.82, 2.24) is 14.3 Å². The molecule has 0 bridgehead atoms. The highest BCUT2D eigenvalue weighted by Crippen LogP contribution is 2.20. The number of fused-ring (bicyclic) bond motifs is 1. The predicted molar refractivity (Wildman–Crippen MR) is 72.1 cm³/mol. The minimum atomic E-state index is 0.0804. The van der Waals surface area contributed by atoms with Crippen molar-refractivity contribution in [2.75, 3.05) is 13.1 Å². The molecule has 0 saturated carbocycles. The van der Waals surface area contributed by atoms with Crippen LogP contribution in [0, 0.1) is 12.8 Å². The Morgan fingerprint density at radius 1 is 1.56 bits per heavy atom. The zero-order valence-corrected chi connectivity index (χ0v) is 11.5. The van der Waals surface area contributed by atoms with E-state index in [1.807, 2.05) is 22.4 Å². The van der Waals surface area contributed by atoms with E-state index in [2.05, 4.69) is 17.3 Å². The number of hydrogen-bond acceptors (Lipinski definition) is 3. The van der Waals surface area contributed by atoms with E-state index in [0.29, 0.717) is 11.6 Å². The van der Waals surface area contributed by atoms with Crippen LogP contribution in [0.1, 0.15) is 35.9 Å². The van der Waals surface area contributed by atoms with E-state index in [1.54, 1.807) is 11.3 Å². The summed E-state index contributed by atoms with van der Waals surface area (Å²) in [6, 6.07) is 0. The number of hydrogen-bond donors (Lipinski definition) is 0. The van der Waals surface area contributed by atoms with E-state index in [-0.39, 0.29) is 5.91 Å². The Morgan fingerprint density at radius 3 is 3.11 bits per heavy atom. The van der Waals surface area contributed by atoms with E-state index >= 15 is 0 Å². The molecule has 3 rings (SSSR count). The standard InChI is InChI=1S/C13H17N3OS/c1-9-4-3-5-15(6-9)12(17)11-7-16-10(2)8-18-13(16)14-11/h7-9H,3-6H2,1-2H3. The summed E-state index contributed by atoms with van der Waals surface area (Å²) < 4.78 is 1.99. The van der Waals surface area contributed by atoms with Crippen LogP contribution in [0.15, 0.2) is 11.6 Å².